The van der Waals surface area contributed by atoms with Crippen LogP contribution in [0.5, 0.6) is 0 Å². The fourth-order valence-corrected chi connectivity index (χ4v) is 14.3. The van der Waals surface area contributed by atoms with Crippen LogP contribution in [0, 0.1) is 0 Å². The lowest BCUT2D eigenvalue weighted by Gasteiger charge is -2.49. The summed E-state index contributed by atoms with van der Waals surface area (Å²) in [7, 11) is -0.944. The van der Waals surface area contributed by atoms with Crippen LogP contribution in [-0.2, 0) is 6.16 Å². The van der Waals surface area contributed by atoms with E-state index in [-0.39, 0.29) is 17.0 Å². The minimum absolute atomic E-state index is 0. The van der Waals surface area contributed by atoms with E-state index in [2.05, 4.69) is 30.3 Å². The second-order valence-electron chi connectivity index (χ2n) is 9.51. The zero-order valence-corrected chi connectivity index (χ0v) is 19.7. The summed E-state index contributed by atoms with van der Waals surface area (Å²) < 4.78 is 0. The van der Waals surface area contributed by atoms with Crippen LogP contribution in [0.15, 0.2) is 30.3 Å². The number of halogens is 1. The van der Waals surface area contributed by atoms with Crippen molar-refractivity contribution in [3.8, 4) is 0 Å². The standard InChI is InChI=1S/C25H40P.BrH/c1-5-13-22(14-6-1)21-26(23-15-7-2-8-16-23,24-17-9-3-10-18-24)25-19-11-4-12-20-25;/h1,5-6,13-14,23-25H,2-4,7-12,15-21H2;1H/q+1;/p-1. The summed E-state index contributed by atoms with van der Waals surface area (Å²) >= 11 is 0. The van der Waals surface area contributed by atoms with Crippen molar-refractivity contribution in [2.24, 2.45) is 0 Å². The van der Waals surface area contributed by atoms with Crippen LogP contribution in [0.4, 0.5) is 0 Å². The van der Waals surface area contributed by atoms with Gasteiger partial charge in [0.25, 0.3) is 0 Å². The topological polar surface area (TPSA) is 0 Å². The lowest BCUT2D eigenvalue weighted by atomic mass is 9.99. The van der Waals surface area contributed by atoms with Gasteiger partial charge in [-0.05, 0) is 82.6 Å². The average Bonchev–Trinajstić information content (AvgIpc) is 2.75. The largest absolute Gasteiger partial charge is 1.00 e. The highest BCUT2D eigenvalue weighted by molar-refractivity contribution is 7.77. The van der Waals surface area contributed by atoms with E-state index in [1.807, 2.05) is 0 Å². The first-order valence-electron chi connectivity index (χ1n) is 11.8. The maximum absolute atomic E-state index is 2.46. The first kappa shape index (κ1) is 21.8. The Morgan fingerprint density at radius 3 is 1.30 bits per heavy atom. The Labute approximate surface area is 179 Å². The monoisotopic (exact) mass is 450 g/mol. The van der Waals surface area contributed by atoms with E-state index in [0.29, 0.717) is 0 Å². The Kier molecular flexibility index (Phi) is 8.71. The molecule has 4 rings (SSSR count). The molecule has 0 saturated heterocycles. The molecule has 0 amide bonds. The normalized spacial score (nSPS) is 23.7. The summed E-state index contributed by atoms with van der Waals surface area (Å²) in [6.45, 7) is 0. The van der Waals surface area contributed by atoms with Crippen LogP contribution in [0.3, 0.4) is 0 Å². The van der Waals surface area contributed by atoms with Crippen molar-refractivity contribution in [3.63, 3.8) is 0 Å². The van der Waals surface area contributed by atoms with Crippen molar-refractivity contribution in [2.75, 3.05) is 0 Å². The average molecular weight is 451 g/mol. The quantitative estimate of drug-likeness (QED) is 0.540. The van der Waals surface area contributed by atoms with Crippen molar-refractivity contribution in [3.05, 3.63) is 35.9 Å². The second kappa shape index (κ2) is 10.8. The maximum Gasteiger partial charge on any atom is 0.0850 e. The lowest BCUT2D eigenvalue weighted by Crippen LogP contribution is -3.00. The van der Waals surface area contributed by atoms with Gasteiger partial charge in [-0.25, -0.2) is 0 Å². The molecule has 3 aliphatic carbocycles. The minimum Gasteiger partial charge on any atom is -1.00 e. The number of benzene rings is 1. The van der Waals surface area contributed by atoms with Gasteiger partial charge in [-0.1, -0.05) is 49.6 Å². The third kappa shape index (κ3) is 5.01. The molecule has 0 bridgehead atoms. The first-order valence-corrected chi connectivity index (χ1v) is 14.0. The Hall–Kier alpha value is 0.130. The lowest BCUT2D eigenvalue weighted by molar-refractivity contribution is -0.00000544. The van der Waals surface area contributed by atoms with Crippen LogP contribution in [-0.4, -0.2) is 17.0 Å². The molecule has 3 saturated carbocycles. The van der Waals surface area contributed by atoms with Crippen molar-refractivity contribution in [2.45, 2.75) is 119 Å². The Morgan fingerprint density at radius 1 is 0.556 bits per heavy atom. The van der Waals surface area contributed by atoms with Crippen molar-refractivity contribution >= 4 is 7.26 Å². The highest BCUT2D eigenvalue weighted by Gasteiger charge is 2.56. The number of rotatable bonds is 5. The van der Waals surface area contributed by atoms with Gasteiger partial charge in [0.1, 0.15) is 0 Å². The molecule has 0 heterocycles. The molecule has 152 valence electrons. The van der Waals surface area contributed by atoms with Gasteiger partial charge in [-0.15, -0.1) is 0 Å². The smallest absolute Gasteiger partial charge is 0.0850 e. The van der Waals surface area contributed by atoms with E-state index in [1.54, 1.807) is 44.1 Å². The fourth-order valence-electron chi connectivity index (χ4n) is 6.87. The zero-order chi connectivity index (χ0) is 17.7. The molecule has 0 aliphatic heterocycles. The molecule has 3 aliphatic rings. The minimum atomic E-state index is -0.944. The van der Waals surface area contributed by atoms with E-state index in [4.69, 9.17) is 0 Å². The molecule has 0 radical (unpaired) electrons. The summed E-state index contributed by atoms with van der Waals surface area (Å²) in [4.78, 5) is 0. The van der Waals surface area contributed by atoms with Gasteiger partial charge in [-0.2, -0.15) is 0 Å². The van der Waals surface area contributed by atoms with E-state index in [9.17, 15) is 0 Å². The highest BCUT2D eigenvalue weighted by Crippen LogP contribution is 2.78. The van der Waals surface area contributed by atoms with Gasteiger partial charge in [-0.3, -0.25) is 0 Å². The van der Waals surface area contributed by atoms with Crippen LogP contribution in [0.25, 0.3) is 0 Å². The first-order chi connectivity index (χ1) is 12.9. The van der Waals surface area contributed by atoms with Crippen LogP contribution < -0.4 is 17.0 Å². The maximum atomic E-state index is 2.46. The van der Waals surface area contributed by atoms with E-state index >= 15 is 0 Å². The number of hydrogen-bond donors (Lipinski definition) is 0. The van der Waals surface area contributed by atoms with Crippen LogP contribution in [0.2, 0.25) is 0 Å². The van der Waals surface area contributed by atoms with Gasteiger partial charge in [0.05, 0.1) is 23.1 Å². The SMILES string of the molecule is [Br-].c1ccc(C[P+](C2CCCCC2)(C2CCCCC2)C2CCCCC2)cc1. The van der Waals surface area contributed by atoms with E-state index in [0.717, 1.165) is 17.0 Å². The molecule has 27 heavy (non-hydrogen) atoms. The van der Waals surface area contributed by atoms with E-state index < -0.39 is 7.26 Å². The Bertz CT molecular complexity index is 479. The molecule has 0 N–H and O–H groups in total. The molecule has 0 spiro atoms. The zero-order valence-electron chi connectivity index (χ0n) is 17.3. The van der Waals surface area contributed by atoms with Crippen LogP contribution >= 0.6 is 7.26 Å². The molecule has 0 unspecified atom stereocenters. The Morgan fingerprint density at radius 2 is 0.926 bits per heavy atom. The highest BCUT2D eigenvalue weighted by atomic mass is 79.9. The second-order valence-corrected chi connectivity index (χ2v) is 14.0. The van der Waals surface area contributed by atoms with Crippen molar-refractivity contribution in [1.29, 1.82) is 0 Å². The molecule has 0 nitrogen and oxygen atoms in total. The fraction of sp³-hybridized carbons (Fsp3) is 0.760. The summed E-state index contributed by atoms with van der Waals surface area (Å²) in [6, 6.07) is 11.7. The predicted octanol–water partition coefficient (Wildman–Crippen LogP) is 5.21. The summed E-state index contributed by atoms with van der Waals surface area (Å²) in [5, 5.41) is 0. The number of hydrogen-bond acceptors (Lipinski definition) is 0. The molecule has 0 aromatic heterocycles. The third-order valence-electron chi connectivity index (χ3n) is 8.06. The van der Waals surface area contributed by atoms with Gasteiger partial charge >= 0.3 is 0 Å². The van der Waals surface area contributed by atoms with E-state index in [1.165, 1.54) is 63.9 Å². The summed E-state index contributed by atoms with van der Waals surface area (Å²) in [6.07, 6.45) is 24.7. The molecule has 3 fully saturated rings. The molecular formula is C25H40BrP. The van der Waals surface area contributed by atoms with Crippen molar-refractivity contribution in [1.82, 2.24) is 0 Å². The molecule has 1 aromatic rings. The van der Waals surface area contributed by atoms with Gasteiger partial charge in [0, 0.05) is 7.26 Å². The molecule has 2 heteroatoms. The molecular weight excluding hydrogens is 411 g/mol. The predicted molar refractivity (Wildman–Crippen MR) is 118 cm³/mol. The summed E-state index contributed by atoms with van der Waals surface area (Å²) in [5.74, 6) is 0. The van der Waals surface area contributed by atoms with Gasteiger partial charge in [0.2, 0.25) is 0 Å². The molecule has 0 atom stereocenters. The Balaban J connectivity index is 0.00000210. The van der Waals surface area contributed by atoms with Gasteiger partial charge < -0.3 is 17.0 Å². The van der Waals surface area contributed by atoms with Crippen molar-refractivity contribution < 1.29 is 17.0 Å². The third-order valence-corrected chi connectivity index (χ3v) is 14.6. The van der Waals surface area contributed by atoms with Crippen LogP contribution in [0.1, 0.15) is 102 Å². The van der Waals surface area contributed by atoms with Gasteiger partial charge in [0.15, 0.2) is 0 Å². The molecule has 1 aromatic carbocycles. The summed E-state index contributed by atoms with van der Waals surface area (Å²) in [5.41, 5.74) is 5.02.